The molecule has 3 heterocycles. The summed E-state index contributed by atoms with van der Waals surface area (Å²) in [6.45, 7) is 0.834. The molecule has 110 valence electrons. The highest BCUT2D eigenvalue weighted by atomic mass is 16.6. The number of nitrogens with zero attached hydrogens (tertiary/aromatic N) is 2. The van der Waals surface area contributed by atoms with Crippen LogP contribution in [0.3, 0.4) is 0 Å². The van der Waals surface area contributed by atoms with Gasteiger partial charge in [-0.3, -0.25) is 9.78 Å². The van der Waals surface area contributed by atoms with Crippen molar-refractivity contribution in [3.8, 4) is 5.88 Å². The van der Waals surface area contributed by atoms with E-state index in [1.54, 1.807) is 25.4 Å². The summed E-state index contributed by atoms with van der Waals surface area (Å²) >= 11 is 0. The zero-order valence-corrected chi connectivity index (χ0v) is 11.8. The molecule has 1 aliphatic rings. The maximum absolute atomic E-state index is 12.0. The predicted molar refractivity (Wildman–Crippen MR) is 78.3 cm³/mol. The van der Waals surface area contributed by atoms with E-state index in [4.69, 9.17) is 9.47 Å². The van der Waals surface area contributed by atoms with Crippen molar-refractivity contribution in [2.45, 2.75) is 25.4 Å². The Bertz CT molecular complexity index is 656. The van der Waals surface area contributed by atoms with Crippen molar-refractivity contribution in [1.82, 2.24) is 9.97 Å². The molecule has 1 N–H and O–H groups in total. The van der Waals surface area contributed by atoms with Crippen LogP contribution in [-0.4, -0.2) is 35.7 Å². The van der Waals surface area contributed by atoms with E-state index in [2.05, 4.69) is 15.3 Å². The number of amides is 1. The molecule has 1 atom stereocenters. The average Bonchev–Trinajstić information content (AvgIpc) is 3.31. The first kappa shape index (κ1) is 13.8. The third kappa shape index (κ3) is 3.46. The van der Waals surface area contributed by atoms with E-state index < -0.39 is 0 Å². The van der Waals surface area contributed by atoms with Crippen LogP contribution in [-0.2, 0) is 9.53 Å². The summed E-state index contributed by atoms with van der Waals surface area (Å²) in [5.41, 5.74) is 2.02. The highest BCUT2D eigenvalue weighted by molar-refractivity contribution is 5.99. The van der Waals surface area contributed by atoms with Gasteiger partial charge in [0.15, 0.2) is 0 Å². The molecule has 0 radical (unpaired) electrons. The highest BCUT2D eigenvalue weighted by Crippen LogP contribution is 2.23. The van der Waals surface area contributed by atoms with Crippen LogP contribution in [0.15, 0.2) is 24.4 Å². The molecule has 1 fully saturated rings. The minimum absolute atomic E-state index is 0.0206. The summed E-state index contributed by atoms with van der Waals surface area (Å²) in [6, 6.07) is 5.31. The molecule has 3 rings (SSSR count). The molecule has 21 heavy (non-hydrogen) atoms. The summed E-state index contributed by atoms with van der Waals surface area (Å²) in [5.74, 6) is 0.477. The third-order valence-corrected chi connectivity index (χ3v) is 3.37. The maximum Gasteiger partial charge on any atom is 0.224 e. The van der Waals surface area contributed by atoms with Gasteiger partial charge in [-0.2, -0.15) is 0 Å². The van der Waals surface area contributed by atoms with Crippen LogP contribution in [0.4, 0.5) is 5.69 Å². The smallest absolute Gasteiger partial charge is 0.224 e. The Labute approximate surface area is 122 Å². The molecule has 0 spiro atoms. The van der Waals surface area contributed by atoms with Crippen molar-refractivity contribution >= 4 is 22.6 Å². The fourth-order valence-electron chi connectivity index (χ4n) is 2.16. The fraction of sp³-hybridized carbons (Fsp3) is 0.400. The number of carbonyl (C=O) groups is 1. The minimum Gasteiger partial charge on any atom is -0.481 e. The second-order valence-corrected chi connectivity index (χ2v) is 4.98. The molecule has 0 saturated carbocycles. The Morgan fingerprint density at radius 2 is 2.33 bits per heavy atom. The van der Waals surface area contributed by atoms with Gasteiger partial charge in [0.25, 0.3) is 0 Å². The van der Waals surface area contributed by atoms with Gasteiger partial charge in [0.2, 0.25) is 11.8 Å². The van der Waals surface area contributed by atoms with Crippen LogP contribution >= 0.6 is 0 Å². The van der Waals surface area contributed by atoms with E-state index in [0.29, 0.717) is 29.6 Å². The standard InChI is InChI=1S/C15H17N3O3/c1-20-14-6-5-11-15(18-14)12(7-8-16-11)17-13(19)4-2-3-10-9-21-10/h5-8,10H,2-4,9H2,1H3,(H,16,17,19). The van der Waals surface area contributed by atoms with Gasteiger partial charge in [-0.15, -0.1) is 0 Å². The van der Waals surface area contributed by atoms with Crippen molar-refractivity contribution in [2.75, 3.05) is 19.0 Å². The molecule has 6 nitrogen and oxygen atoms in total. The lowest BCUT2D eigenvalue weighted by molar-refractivity contribution is -0.116. The van der Waals surface area contributed by atoms with E-state index in [9.17, 15) is 4.79 Å². The molecule has 1 amide bonds. The normalized spacial score (nSPS) is 16.7. The van der Waals surface area contributed by atoms with Crippen molar-refractivity contribution < 1.29 is 14.3 Å². The molecule has 1 aliphatic heterocycles. The lowest BCUT2D eigenvalue weighted by atomic mass is 10.2. The van der Waals surface area contributed by atoms with Gasteiger partial charge < -0.3 is 14.8 Å². The maximum atomic E-state index is 12.0. The molecule has 2 aromatic heterocycles. The van der Waals surface area contributed by atoms with Crippen LogP contribution in [0.2, 0.25) is 0 Å². The number of carbonyl (C=O) groups excluding carboxylic acids is 1. The number of epoxide rings is 1. The second kappa shape index (κ2) is 6.05. The number of hydrogen-bond acceptors (Lipinski definition) is 5. The van der Waals surface area contributed by atoms with Crippen molar-refractivity contribution in [3.63, 3.8) is 0 Å². The predicted octanol–water partition coefficient (Wildman–Crippen LogP) is 2.15. The number of pyridine rings is 2. The molecular weight excluding hydrogens is 270 g/mol. The van der Waals surface area contributed by atoms with Gasteiger partial charge >= 0.3 is 0 Å². The van der Waals surface area contributed by atoms with Gasteiger partial charge in [-0.05, 0) is 25.0 Å². The zero-order valence-electron chi connectivity index (χ0n) is 11.8. The molecule has 6 heteroatoms. The average molecular weight is 287 g/mol. The van der Waals surface area contributed by atoms with Crippen molar-refractivity contribution in [1.29, 1.82) is 0 Å². The lowest BCUT2D eigenvalue weighted by Crippen LogP contribution is -2.12. The quantitative estimate of drug-likeness (QED) is 0.824. The Morgan fingerprint density at radius 1 is 1.48 bits per heavy atom. The first-order valence-electron chi connectivity index (χ1n) is 6.97. The second-order valence-electron chi connectivity index (χ2n) is 4.98. The number of rotatable bonds is 6. The molecule has 1 saturated heterocycles. The summed E-state index contributed by atoms with van der Waals surface area (Å²) in [5, 5.41) is 2.89. The van der Waals surface area contributed by atoms with Gasteiger partial charge in [0.05, 0.1) is 31.0 Å². The van der Waals surface area contributed by atoms with Crippen molar-refractivity contribution in [2.24, 2.45) is 0 Å². The molecule has 0 aliphatic carbocycles. The number of nitrogens with one attached hydrogen (secondary N) is 1. The van der Waals surface area contributed by atoms with Gasteiger partial charge in [-0.25, -0.2) is 4.98 Å². The van der Waals surface area contributed by atoms with Crippen LogP contribution in [0, 0.1) is 0 Å². The molecule has 1 unspecified atom stereocenters. The Balaban J connectivity index is 1.71. The first-order chi connectivity index (χ1) is 10.3. The third-order valence-electron chi connectivity index (χ3n) is 3.37. The van der Waals surface area contributed by atoms with Crippen LogP contribution < -0.4 is 10.1 Å². The van der Waals surface area contributed by atoms with E-state index in [0.717, 1.165) is 25.0 Å². The number of hydrogen-bond donors (Lipinski definition) is 1. The van der Waals surface area contributed by atoms with E-state index in [1.165, 1.54) is 0 Å². The van der Waals surface area contributed by atoms with E-state index in [1.807, 2.05) is 6.07 Å². The summed E-state index contributed by atoms with van der Waals surface area (Å²) in [6.07, 6.45) is 4.27. The summed E-state index contributed by atoms with van der Waals surface area (Å²) in [7, 11) is 1.56. The van der Waals surface area contributed by atoms with Crippen LogP contribution in [0.1, 0.15) is 19.3 Å². The Morgan fingerprint density at radius 3 is 3.10 bits per heavy atom. The zero-order chi connectivity index (χ0) is 14.7. The largest absolute Gasteiger partial charge is 0.481 e. The fourth-order valence-corrected chi connectivity index (χ4v) is 2.16. The molecule has 2 aromatic rings. The van der Waals surface area contributed by atoms with E-state index in [-0.39, 0.29) is 5.91 Å². The van der Waals surface area contributed by atoms with Crippen molar-refractivity contribution in [3.05, 3.63) is 24.4 Å². The number of ether oxygens (including phenoxy) is 2. The van der Waals surface area contributed by atoms with Crippen LogP contribution in [0.5, 0.6) is 5.88 Å². The Hall–Kier alpha value is -2.21. The topological polar surface area (TPSA) is 76.6 Å². The first-order valence-corrected chi connectivity index (χ1v) is 6.97. The Kier molecular flexibility index (Phi) is 3.96. The van der Waals surface area contributed by atoms with Gasteiger partial charge in [0.1, 0.15) is 5.52 Å². The monoisotopic (exact) mass is 287 g/mol. The lowest BCUT2D eigenvalue weighted by Gasteiger charge is -2.08. The molecular formula is C15H17N3O3. The SMILES string of the molecule is COc1ccc2nccc(NC(=O)CCCC3CO3)c2n1. The van der Waals surface area contributed by atoms with Crippen LogP contribution in [0.25, 0.3) is 11.0 Å². The number of anilines is 1. The van der Waals surface area contributed by atoms with E-state index >= 15 is 0 Å². The number of aromatic nitrogens is 2. The summed E-state index contributed by atoms with van der Waals surface area (Å²) in [4.78, 5) is 20.6. The summed E-state index contributed by atoms with van der Waals surface area (Å²) < 4.78 is 10.2. The van der Waals surface area contributed by atoms with Gasteiger partial charge in [0, 0.05) is 18.7 Å². The van der Waals surface area contributed by atoms with Gasteiger partial charge in [-0.1, -0.05) is 0 Å². The molecule has 0 aromatic carbocycles. The molecule has 0 bridgehead atoms. The highest BCUT2D eigenvalue weighted by Gasteiger charge is 2.21. The number of fused-ring (bicyclic) bond motifs is 1. The number of methoxy groups -OCH3 is 1. The minimum atomic E-state index is -0.0206.